The van der Waals surface area contributed by atoms with Crippen LogP contribution in [0, 0.1) is 5.41 Å². The molecule has 1 aliphatic rings. The largest absolute Gasteiger partial charge is 0.497 e. The third-order valence-corrected chi connectivity index (χ3v) is 5.76. The Labute approximate surface area is 187 Å². The molecule has 7 nitrogen and oxygen atoms in total. The Balaban J connectivity index is 1.63. The van der Waals surface area contributed by atoms with Gasteiger partial charge in [-0.15, -0.1) is 0 Å². The number of likely N-dealkylation sites (tertiary alicyclic amines) is 1. The number of hydrogen-bond donors (Lipinski definition) is 2. The molecule has 0 unspecified atom stereocenters. The molecule has 1 heterocycles. The summed E-state index contributed by atoms with van der Waals surface area (Å²) < 4.78 is 10.5. The van der Waals surface area contributed by atoms with E-state index in [-0.39, 0.29) is 11.9 Å². The highest BCUT2D eigenvalue weighted by Gasteiger charge is 2.39. The number of methoxy groups -OCH3 is 2. The molecule has 1 fully saturated rings. The number of halogens is 1. The number of ether oxygens (including phenoxy) is 2. The van der Waals surface area contributed by atoms with Crippen LogP contribution in [0.4, 0.5) is 10.5 Å². The van der Waals surface area contributed by atoms with E-state index >= 15 is 0 Å². The molecule has 0 spiro atoms. The predicted molar refractivity (Wildman–Crippen MR) is 121 cm³/mol. The number of carbonyl (C=O) groups excluding carboxylic acids is 2. The van der Waals surface area contributed by atoms with Gasteiger partial charge in [-0.25, -0.2) is 4.79 Å². The molecule has 2 aromatic carbocycles. The molecular formula is C23H28ClN3O4. The SMILES string of the molecule is COc1cccc(CNC(=O)[C@]2(C)CCCN(C(=O)Nc3cc(Cl)ccc3OC)C2)c1. The van der Waals surface area contributed by atoms with E-state index in [0.717, 1.165) is 17.7 Å². The van der Waals surface area contributed by atoms with Crippen LogP contribution in [0.2, 0.25) is 5.02 Å². The van der Waals surface area contributed by atoms with Crippen LogP contribution in [0.5, 0.6) is 11.5 Å². The van der Waals surface area contributed by atoms with Gasteiger partial charge in [0.1, 0.15) is 11.5 Å². The van der Waals surface area contributed by atoms with Crippen molar-refractivity contribution in [1.82, 2.24) is 10.2 Å². The smallest absolute Gasteiger partial charge is 0.321 e. The lowest BCUT2D eigenvalue weighted by Crippen LogP contribution is -2.52. The molecule has 1 atom stereocenters. The molecule has 166 valence electrons. The zero-order valence-electron chi connectivity index (χ0n) is 18.0. The molecule has 2 aromatic rings. The Morgan fingerprint density at radius 2 is 1.97 bits per heavy atom. The minimum atomic E-state index is -0.674. The lowest BCUT2D eigenvalue weighted by molar-refractivity contribution is -0.132. The van der Waals surface area contributed by atoms with Crippen LogP contribution < -0.4 is 20.1 Å². The Morgan fingerprint density at radius 3 is 2.71 bits per heavy atom. The summed E-state index contributed by atoms with van der Waals surface area (Å²) in [6.45, 7) is 3.20. The van der Waals surface area contributed by atoms with E-state index in [2.05, 4.69) is 10.6 Å². The Hall–Kier alpha value is -2.93. The molecule has 1 aliphatic heterocycles. The van der Waals surface area contributed by atoms with Gasteiger partial charge in [0, 0.05) is 24.7 Å². The van der Waals surface area contributed by atoms with Crippen LogP contribution in [0.25, 0.3) is 0 Å². The molecule has 0 aliphatic carbocycles. The van der Waals surface area contributed by atoms with Crippen molar-refractivity contribution in [2.24, 2.45) is 5.41 Å². The maximum atomic E-state index is 13.0. The van der Waals surface area contributed by atoms with Gasteiger partial charge in [-0.1, -0.05) is 23.7 Å². The maximum Gasteiger partial charge on any atom is 0.321 e. The van der Waals surface area contributed by atoms with Gasteiger partial charge in [0.2, 0.25) is 5.91 Å². The van der Waals surface area contributed by atoms with Crippen molar-refractivity contribution in [3.05, 3.63) is 53.1 Å². The number of hydrogen-bond acceptors (Lipinski definition) is 4. The second-order valence-electron chi connectivity index (χ2n) is 7.89. The highest BCUT2D eigenvalue weighted by molar-refractivity contribution is 6.31. The zero-order valence-corrected chi connectivity index (χ0v) is 18.8. The second-order valence-corrected chi connectivity index (χ2v) is 8.33. The summed E-state index contributed by atoms with van der Waals surface area (Å²) in [5.41, 5.74) is 0.775. The molecule has 31 heavy (non-hydrogen) atoms. The molecule has 3 rings (SSSR count). The van der Waals surface area contributed by atoms with E-state index in [1.54, 1.807) is 30.2 Å². The van der Waals surface area contributed by atoms with Crippen LogP contribution in [-0.2, 0) is 11.3 Å². The van der Waals surface area contributed by atoms with E-state index < -0.39 is 5.41 Å². The average Bonchev–Trinajstić information content (AvgIpc) is 2.77. The molecule has 0 bridgehead atoms. The fourth-order valence-electron chi connectivity index (χ4n) is 3.75. The Kier molecular flexibility index (Phi) is 7.28. The van der Waals surface area contributed by atoms with Crippen LogP contribution in [0.3, 0.4) is 0 Å². The number of carbonyl (C=O) groups is 2. The summed E-state index contributed by atoms with van der Waals surface area (Å²) >= 11 is 6.05. The highest BCUT2D eigenvalue weighted by Crippen LogP contribution is 2.32. The number of nitrogens with zero attached hydrogens (tertiary/aromatic N) is 1. The molecule has 0 aromatic heterocycles. The van der Waals surface area contributed by atoms with Crippen molar-refractivity contribution in [2.75, 3.05) is 32.6 Å². The number of rotatable bonds is 6. The summed E-state index contributed by atoms with van der Waals surface area (Å²) in [4.78, 5) is 27.5. The van der Waals surface area contributed by atoms with Gasteiger partial charge in [0.25, 0.3) is 0 Å². The normalized spacial score (nSPS) is 18.3. The first-order valence-electron chi connectivity index (χ1n) is 10.2. The fourth-order valence-corrected chi connectivity index (χ4v) is 3.92. The van der Waals surface area contributed by atoms with Gasteiger partial charge < -0.3 is 25.0 Å². The molecule has 0 radical (unpaired) electrons. The molecule has 2 N–H and O–H groups in total. The first-order valence-corrected chi connectivity index (χ1v) is 10.5. The van der Waals surface area contributed by atoms with E-state index in [1.165, 1.54) is 7.11 Å². The van der Waals surface area contributed by atoms with Gasteiger partial charge in [-0.2, -0.15) is 0 Å². The second kappa shape index (κ2) is 9.92. The zero-order chi connectivity index (χ0) is 22.4. The van der Waals surface area contributed by atoms with Gasteiger partial charge in [0.05, 0.1) is 25.3 Å². The van der Waals surface area contributed by atoms with Gasteiger partial charge >= 0.3 is 6.03 Å². The van der Waals surface area contributed by atoms with Crippen LogP contribution in [0.1, 0.15) is 25.3 Å². The molecule has 1 saturated heterocycles. The monoisotopic (exact) mass is 445 g/mol. The third kappa shape index (κ3) is 5.61. The van der Waals surface area contributed by atoms with Gasteiger partial charge in [-0.05, 0) is 55.7 Å². The highest BCUT2D eigenvalue weighted by atomic mass is 35.5. The summed E-state index contributed by atoms with van der Waals surface area (Å²) in [6, 6.07) is 12.3. The quantitative estimate of drug-likeness (QED) is 0.694. The number of anilines is 1. The van der Waals surface area contributed by atoms with Crippen molar-refractivity contribution in [3.8, 4) is 11.5 Å². The van der Waals surface area contributed by atoms with E-state index in [9.17, 15) is 9.59 Å². The van der Waals surface area contributed by atoms with E-state index in [0.29, 0.717) is 42.5 Å². The predicted octanol–water partition coefficient (Wildman–Crippen LogP) is 4.31. The summed E-state index contributed by atoms with van der Waals surface area (Å²) in [7, 11) is 3.14. The van der Waals surface area contributed by atoms with Crippen molar-refractivity contribution in [3.63, 3.8) is 0 Å². The summed E-state index contributed by atoms with van der Waals surface area (Å²) in [5, 5.41) is 6.35. The first kappa shape index (κ1) is 22.7. The van der Waals surface area contributed by atoms with Gasteiger partial charge in [-0.3, -0.25) is 4.79 Å². The fraction of sp³-hybridized carbons (Fsp3) is 0.391. The lowest BCUT2D eigenvalue weighted by atomic mass is 9.81. The van der Waals surface area contributed by atoms with Crippen molar-refractivity contribution < 1.29 is 19.1 Å². The van der Waals surface area contributed by atoms with Crippen molar-refractivity contribution in [2.45, 2.75) is 26.3 Å². The van der Waals surface area contributed by atoms with Crippen molar-refractivity contribution in [1.29, 1.82) is 0 Å². The summed E-state index contributed by atoms with van der Waals surface area (Å²) in [5.74, 6) is 1.19. The van der Waals surface area contributed by atoms with E-state index in [1.807, 2.05) is 31.2 Å². The van der Waals surface area contributed by atoms with Crippen molar-refractivity contribution >= 4 is 29.2 Å². The number of benzene rings is 2. The molecule has 0 saturated carbocycles. The van der Waals surface area contributed by atoms with Crippen LogP contribution in [0.15, 0.2) is 42.5 Å². The number of piperidine rings is 1. The number of urea groups is 1. The number of nitrogens with one attached hydrogen (secondary N) is 2. The summed E-state index contributed by atoms with van der Waals surface area (Å²) in [6.07, 6.45) is 1.45. The topological polar surface area (TPSA) is 79.9 Å². The van der Waals surface area contributed by atoms with Gasteiger partial charge in [0.15, 0.2) is 0 Å². The molecular weight excluding hydrogens is 418 g/mol. The standard InChI is InChI=1S/C23H28ClN3O4/c1-23(21(28)25-14-16-6-4-7-18(12-16)30-2)10-5-11-27(15-23)22(29)26-19-13-17(24)8-9-20(19)31-3/h4,6-9,12-13H,5,10-11,14-15H2,1-3H3,(H,25,28)(H,26,29)/t23-/m1/s1. The Bertz CT molecular complexity index is 952. The Morgan fingerprint density at radius 1 is 1.16 bits per heavy atom. The number of amides is 3. The maximum absolute atomic E-state index is 13.0. The minimum absolute atomic E-state index is 0.0758. The minimum Gasteiger partial charge on any atom is -0.497 e. The third-order valence-electron chi connectivity index (χ3n) is 5.52. The van der Waals surface area contributed by atoms with Crippen LogP contribution in [-0.4, -0.2) is 44.1 Å². The lowest BCUT2D eigenvalue weighted by Gasteiger charge is -2.39. The molecule has 8 heteroatoms. The molecule has 3 amide bonds. The average molecular weight is 446 g/mol. The van der Waals surface area contributed by atoms with Crippen LogP contribution >= 0.6 is 11.6 Å². The first-order chi connectivity index (χ1) is 14.8. The van der Waals surface area contributed by atoms with E-state index in [4.69, 9.17) is 21.1 Å².